The van der Waals surface area contributed by atoms with Crippen LogP contribution >= 0.6 is 11.3 Å². The second-order valence-corrected chi connectivity index (χ2v) is 16.4. The molecule has 8 aromatic carbocycles. The van der Waals surface area contributed by atoms with Gasteiger partial charge in [0.25, 0.3) is 0 Å². The van der Waals surface area contributed by atoms with Crippen LogP contribution in [0.4, 0.5) is 0 Å². The third kappa shape index (κ3) is 5.99. The Morgan fingerprint density at radius 2 is 0.935 bits per heavy atom. The molecule has 0 bridgehead atoms. The lowest BCUT2D eigenvalue weighted by atomic mass is 9.93. The fraction of sp³-hybridized carbons (Fsp3) is 0. The van der Waals surface area contributed by atoms with Gasteiger partial charge in [-0.1, -0.05) is 176 Å². The summed E-state index contributed by atoms with van der Waals surface area (Å²) in [5.74, 6) is 1.76. The van der Waals surface area contributed by atoms with Crippen molar-refractivity contribution < 1.29 is 0 Å². The molecule has 0 aliphatic heterocycles. The van der Waals surface area contributed by atoms with Crippen LogP contribution in [0.2, 0.25) is 0 Å². The number of thiophene rings is 1. The minimum Gasteiger partial charge on any atom is -0.308 e. The van der Waals surface area contributed by atoms with Gasteiger partial charge in [-0.2, -0.15) is 0 Å². The molecule has 12 rings (SSSR count). The summed E-state index contributed by atoms with van der Waals surface area (Å²) in [6.07, 6.45) is 2.01. The number of para-hydroxylation sites is 2. The summed E-state index contributed by atoms with van der Waals surface area (Å²) in [5.41, 5.74) is 12.3. The zero-order valence-corrected chi connectivity index (χ0v) is 34.2. The normalized spacial score (nSPS) is 11.5. The standard InChI is InChI=1S/C56H35N5S/c1-5-18-36(19-6-1)41-26-13-14-27-42(41)39-34-47(56-59-54(37-20-7-2-8-21-37)58-55(60-56)38-22-9-3-10-23-38)51(57-35-39)45-29-17-31-49-50(45)46-33-32-44-43-28-15-16-30-48(43)61(52(44)53(46)62-49)40-24-11-4-12-25-40/h1-35H. The van der Waals surface area contributed by atoms with Crippen LogP contribution in [0.3, 0.4) is 0 Å². The molecule has 0 fully saturated rings. The first-order valence-electron chi connectivity index (χ1n) is 20.7. The number of nitrogens with zero attached hydrogens (tertiary/aromatic N) is 5. The van der Waals surface area contributed by atoms with Crippen LogP contribution in [0.25, 0.3) is 115 Å². The maximum absolute atomic E-state index is 5.44. The van der Waals surface area contributed by atoms with E-state index < -0.39 is 0 Å². The topological polar surface area (TPSA) is 56.5 Å². The predicted molar refractivity (Wildman–Crippen MR) is 257 cm³/mol. The summed E-state index contributed by atoms with van der Waals surface area (Å²) in [7, 11) is 0. The third-order valence-electron chi connectivity index (χ3n) is 11.7. The molecule has 0 saturated heterocycles. The molecule has 290 valence electrons. The van der Waals surface area contributed by atoms with Crippen molar-refractivity contribution in [2.24, 2.45) is 0 Å². The Morgan fingerprint density at radius 1 is 0.387 bits per heavy atom. The number of rotatable bonds is 7. The van der Waals surface area contributed by atoms with Gasteiger partial charge in [-0.05, 0) is 47.0 Å². The van der Waals surface area contributed by atoms with E-state index in [2.05, 4.69) is 150 Å². The summed E-state index contributed by atoms with van der Waals surface area (Å²) in [4.78, 5) is 21.1. The van der Waals surface area contributed by atoms with Gasteiger partial charge in [-0.3, -0.25) is 4.98 Å². The van der Waals surface area contributed by atoms with Gasteiger partial charge in [0, 0.05) is 65.9 Å². The highest BCUT2D eigenvalue weighted by molar-refractivity contribution is 7.26. The highest BCUT2D eigenvalue weighted by atomic mass is 32.1. The Labute approximate surface area is 361 Å². The molecule has 0 radical (unpaired) electrons. The molecule has 62 heavy (non-hydrogen) atoms. The smallest absolute Gasteiger partial charge is 0.166 e. The van der Waals surface area contributed by atoms with E-state index in [0.717, 1.165) is 61.3 Å². The zero-order chi connectivity index (χ0) is 41.0. The van der Waals surface area contributed by atoms with Gasteiger partial charge in [0.15, 0.2) is 17.5 Å². The van der Waals surface area contributed by atoms with Gasteiger partial charge in [0.2, 0.25) is 0 Å². The van der Waals surface area contributed by atoms with Crippen molar-refractivity contribution in [1.82, 2.24) is 24.5 Å². The van der Waals surface area contributed by atoms with E-state index in [1.807, 2.05) is 78.2 Å². The lowest BCUT2D eigenvalue weighted by Crippen LogP contribution is -2.02. The highest BCUT2D eigenvalue weighted by Gasteiger charge is 2.23. The quantitative estimate of drug-likeness (QED) is 0.161. The van der Waals surface area contributed by atoms with E-state index in [4.69, 9.17) is 19.9 Å². The van der Waals surface area contributed by atoms with Gasteiger partial charge in [-0.15, -0.1) is 11.3 Å². The van der Waals surface area contributed by atoms with Crippen molar-refractivity contribution in [3.63, 3.8) is 0 Å². The first-order chi connectivity index (χ1) is 30.8. The van der Waals surface area contributed by atoms with E-state index in [0.29, 0.717) is 17.5 Å². The minimum atomic E-state index is 0.558. The van der Waals surface area contributed by atoms with Crippen LogP contribution < -0.4 is 0 Å². The SMILES string of the molecule is c1ccc(-c2nc(-c3ccccc3)nc(-c3cc(-c4ccccc4-c4ccccc4)cnc3-c3cccc4sc5c(ccc6c7ccccc7n(-c7ccccc7)c65)c34)n2)cc1. The summed E-state index contributed by atoms with van der Waals surface area (Å²) in [6, 6.07) is 72.2. The second kappa shape index (κ2) is 14.9. The maximum Gasteiger partial charge on any atom is 0.166 e. The Balaban J connectivity index is 1.15. The average molecular weight is 810 g/mol. The molecule has 0 amide bonds. The molecular weight excluding hydrogens is 775 g/mol. The Bertz CT molecular complexity index is 3560. The van der Waals surface area contributed by atoms with Crippen molar-refractivity contribution in [3.05, 3.63) is 212 Å². The fourth-order valence-electron chi connectivity index (χ4n) is 8.90. The second-order valence-electron chi connectivity index (χ2n) is 15.4. The summed E-state index contributed by atoms with van der Waals surface area (Å²) >= 11 is 1.83. The lowest BCUT2D eigenvalue weighted by molar-refractivity contribution is 1.07. The van der Waals surface area contributed by atoms with Crippen molar-refractivity contribution in [2.45, 2.75) is 0 Å². The van der Waals surface area contributed by atoms with E-state index in [1.165, 1.54) is 36.6 Å². The molecule has 4 aromatic heterocycles. The predicted octanol–water partition coefficient (Wildman–Crippen LogP) is 14.7. The van der Waals surface area contributed by atoms with Gasteiger partial charge in [0.05, 0.1) is 21.4 Å². The third-order valence-corrected chi connectivity index (χ3v) is 12.9. The summed E-state index contributed by atoms with van der Waals surface area (Å²) in [6.45, 7) is 0. The van der Waals surface area contributed by atoms with Crippen LogP contribution in [-0.4, -0.2) is 24.5 Å². The summed E-state index contributed by atoms with van der Waals surface area (Å²) < 4.78 is 4.84. The number of hydrogen-bond donors (Lipinski definition) is 0. The fourth-order valence-corrected chi connectivity index (χ4v) is 10.2. The van der Waals surface area contributed by atoms with Crippen LogP contribution in [0.15, 0.2) is 212 Å². The van der Waals surface area contributed by atoms with Crippen LogP contribution in [0.1, 0.15) is 0 Å². The zero-order valence-electron chi connectivity index (χ0n) is 33.4. The first-order valence-corrected chi connectivity index (χ1v) is 21.5. The Kier molecular flexibility index (Phi) is 8.61. The van der Waals surface area contributed by atoms with Gasteiger partial charge in [-0.25, -0.2) is 15.0 Å². The molecule has 0 saturated carbocycles. The number of aromatic nitrogens is 5. The maximum atomic E-state index is 5.44. The van der Waals surface area contributed by atoms with E-state index in [1.54, 1.807) is 0 Å². The Hall–Kier alpha value is -8.06. The first kappa shape index (κ1) is 35.8. The molecule has 5 nitrogen and oxygen atoms in total. The molecule has 0 atom stereocenters. The van der Waals surface area contributed by atoms with E-state index >= 15 is 0 Å². The molecular formula is C56H35N5S. The molecule has 4 heterocycles. The molecule has 0 spiro atoms. The lowest BCUT2D eigenvalue weighted by Gasteiger charge is -2.15. The molecule has 0 unspecified atom stereocenters. The number of pyridine rings is 1. The van der Waals surface area contributed by atoms with Crippen LogP contribution in [0, 0.1) is 0 Å². The van der Waals surface area contributed by atoms with Crippen molar-refractivity contribution in [3.8, 4) is 73.4 Å². The molecule has 0 N–H and O–H groups in total. The molecule has 0 aliphatic carbocycles. The number of hydrogen-bond acceptors (Lipinski definition) is 5. The number of benzene rings is 8. The van der Waals surface area contributed by atoms with Crippen molar-refractivity contribution >= 4 is 53.3 Å². The van der Waals surface area contributed by atoms with Crippen LogP contribution in [-0.2, 0) is 0 Å². The van der Waals surface area contributed by atoms with Gasteiger partial charge >= 0.3 is 0 Å². The van der Waals surface area contributed by atoms with Crippen LogP contribution in [0.5, 0.6) is 0 Å². The number of fused-ring (bicyclic) bond motifs is 7. The average Bonchev–Trinajstić information content (AvgIpc) is 3.91. The molecule has 0 aliphatic rings. The van der Waals surface area contributed by atoms with Crippen molar-refractivity contribution in [2.75, 3.05) is 0 Å². The van der Waals surface area contributed by atoms with Crippen molar-refractivity contribution in [1.29, 1.82) is 0 Å². The van der Waals surface area contributed by atoms with E-state index in [9.17, 15) is 0 Å². The van der Waals surface area contributed by atoms with Gasteiger partial charge < -0.3 is 4.57 Å². The van der Waals surface area contributed by atoms with E-state index in [-0.39, 0.29) is 0 Å². The Morgan fingerprint density at radius 3 is 1.63 bits per heavy atom. The monoisotopic (exact) mass is 809 g/mol. The summed E-state index contributed by atoms with van der Waals surface area (Å²) in [5, 5.41) is 4.81. The molecule has 12 aromatic rings. The molecule has 6 heteroatoms. The highest BCUT2D eigenvalue weighted by Crippen LogP contribution is 2.47. The van der Waals surface area contributed by atoms with Gasteiger partial charge in [0.1, 0.15) is 0 Å². The largest absolute Gasteiger partial charge is 0.308 e. The minimum absolute atomic E-state index is 0.558.